The summed E-state index contributed by atoms with van der Waals surface area (Å²) in [5.74, 6) is 0. The number of hydrogen-bond donors (Lipinski definition) is 1. The Balaban J connectivity index is 2.11. The lowest BCUT2D eigenvalue weighted by Gasteiger charge is -2.10. The van der Waals surface area contributed by atoms with Crippen LogP contribution in [0.15, 0.2) is 48.5 Å². The number of nitro groups is 1. The standard InChI is InChI=1S/C17H20N2O2/c1-13(18-2)6-7-14-8-10-15(11-9-14)16-4-3-5-17(12-16)19(20)21/h3-5,8-13,18H,6-7H2,1-2H3. The second kappa shape index (κ2) is 6.99. The maximum absolute atomic E-state index is 10.8. The fourth-order valence-corrected chi connectivity index (χ4v) is 2.19. The molecule has 1 unspecified atom stereocenters. The maximum atomic E-state index is 10.8. The van der Waals surface area contributed by atoms with Gasteiger partial charge in [0.25, 0.3) is 5.69 Å². The van der Waals surface area contributed by atoms with E-state index in [-0.39, 0.29) is 10.6 Å². The first-order valence-electron chi connectivity index (χ1n) is 7.11. The fourth-order valence-electron chi connectivity index (χ4n) is 2.19. The Morgan fingerprint density at radius 3 is 2.48 bits per heavy atom. The summed E-state index contributed by atoms with van der Waals surface area (Å²) in [4.78, 5) is 10.5. The lowest BCUT2D eigenvalue weighted by Crippen LogP contribution is -2.21. The van der Waals surface area contributed by atoms with Gasteiger partial charge in [-0.05, 0) is 43.5 Å². The van der Waals surface area contributed by atoms with Crippen LogP contribution in [0.25, 0.3) is 11.1 Å². The predicted octanol–water partition coefficient (Wildman–Crippen LogP) is 3.80. The van der Waals surface area contributed by atoms with Gasteiger partial charge in [-0.2, -0.15) is 0 Å². The van der Waals surface area contributed by atoms with Gasteiger partial charge >= 0.3 is 0 Å². The molecule has 0 aromatic heterocycles. The average molecular weight is 284 g/mol. The average Bonchev–Trinajstić information content (AvgIpc) is 2.53. The molecule has 2 rings (SSSR count). The van der Waals surface area contributed by atoms with Crippen LogP contribution in [0, 0.1) is 10.1 Å². The van der Waals surface area contributed by atoms with Crippen molar-refractivity contribution in [2.24, 2.45) is 0 Å². The summed E-state index contributed by atoms with van der Waals surface area (Å²) in [5, 5.41) is 14.0. The molecular formula is C17H20N2O2. The van der Waals surface area contributed by atoms with Crippen LogP contribution >= 0.6 is 0 Å². The van der Waals surface area contributed by atoms with Crippen molar-refractivity contribution in [3.63, 3.8) is 0 Å². The van der Waals surface area contributed by atoms with E-state index >= 15 is 0 Å². The molecule has 0 bridgehead atoms. The molecule has 21 heavy (non-hydrogen) atoms. The zero-order chi connectivity index (χ0) is 15.2. The molecule has 1 atom stereocenters. The molecule has 0 saturated heterocycles. The first-order chi connectivity index (χ1) is 10.1. The molecule has 0 aliphatic rings. The molecule has 0 amide bonds. The molecule has 0 spiro atoms. The Morgan fingerprint density at radius 1 is 1.14 bits per heavy atom. The Labute approximate surface area is 125 Å². The van der Waals surface area contributed by atoms with E-state index < -0.39 is 0 Å². The number of aryl methyl sites for hydroxylation is 1. The van der Waals surface area contributed by atoms with Gasteiger partial charge in [0.1, 0.15) is 0 Å². The van der Waals surface area contributed by atoms with Crippen molar-refractivity contribution < 1.29 is 4.92 Å². The molecule has 0 aliphatic carbocycles. The summed E-state index contributed by atoms with van der Waals surface area (Å²) in [5.41, 5.74) is 3.29. The number of non-ortho nitro benzene ring substituents is 1. The van der Waals surface area contributed by atoms with Crippen molar-refractivity contribution >= 4 is 5.69 Å². The first-order valence-corrected chi connectivity index (χ1v) is 7.11. The summed E-state index contributed by atoms with van der Waals surface area (Å²) < 4.78 is 0. The van der Waals surface area contributed by atoms with Gasteiger partial charge in [-0.25, -0.2) is 0 Å². The lowest BCUT2D eigenvalue weighted by molar-refractivity contribution is -0.384. The SMILES string of the molecule is CNC(C)CCc1ccc(-c2cccc([N+](=O)[O-])c2)cc1. The predicted molar refractivity (Wildman–Crippen MR) is 85.4 cm³/mol. The van der Waals surface area contributed by atoms with Crippen molar-refractivity contribution in [2.75, 3.05) is 7.05 Å². The van der Waals surface area contributed by atoms with Crippen LogP contribution in [0.4, 0.5) is 5.69 Å². The number of nitro benzene ring substituents is 1. The van der Waals surface area contributed by atoms with Crippen molar-refractivity contribution in [3.8, 4) is 11.1 Å². The molecule has 4 heteroatoms. The van der Waals surface area contributed by atoms with Crippen molar-refractivity contribution in [2.45, 2.75) is 25.8 Å². The summed E-state index contributed by atoms with van der Waals surface area (Å²) in [7, 11) is 1.97. The number of nitrogens with one attached hydrogen (secondary N) is 1. The Bertz CT molecular complexity index is 608. The minimum Gasteiger partial charge on any atom is -0.317 e. The molecule has 0 saturated carbocycles. The molecule has 0 fully saturated rings. The molecule has 4 nitrogen and oxygen atoms in total. The highest BCUT2D eigenvalue weighted by Crippen LogP contribution is 2.24. The largest absolute Gasteiger partial charge is 0.317 e. The van der Waals surface area contributed by atoms with E-state index in [0.29, 0.717) is 6.04 Å². The molecule has 0 heterocycles. The molecule has 2 aromatic rings. The highest BCUT2D eigenvalue weighted by atomic mass is 16.6. The highest BCUT2D eigenvalue weighted by molar-refractivity contribution is 5.66. The van der Waals surface area contributed by atoms with Gasteiger partial charge in [-0.1, -0.05) is 36.4 Å². The van der Waals surface area contributed by atoms with E-state index in [0.717, 1.165) is 24.0 Å². The monoisotopic (exact) mass is 284 g/mol. The van der Waals surface area contributed by atoms with Crippen LogP contribution in [-0.4, -0.2) is 18.0 Å². The van der Waals surface area contributed by atoms with Gasteiger partial charge < -0.3 is 5.32 Å². The number of hydrogen-bond acceptors (Lipinski definition) is 3. The van der Waals surface area contributed by atoms with E-state index in [1.807, 2.05) is 25.2 Å². The lowest BCUT2D eigenvalue weighted by atomic mass is 10.0. The van der Waals surface area contributed by atoms with Crippen LogP contribution < -0.4 is 5.32 Å². The maximum Gasteiger partial charge on any atom is 0.270 e. The molecule has 1 N–H and O–H groups in total. The van der Waals surface area contributed by atoms with Gasteiger partial charge in [-0.3, -0.25) is 10.1 Å². The van der Waals surface area contributed by atoms with Crippen LogP contribution in [0.5, 0.6) is 0 Å². The zero-order valence-corrected chi connectivity index (χ0v) is 12.4. The second-order valence-corrected chi connectivity index (χ2v) is 5.23. The van der Waals surface area contributed by atoms with E-state index in [9.17, 15) is 10.1 Å². The van der Waals surface area contributed by atoms with Gasteiger partial charge in [0.2, 0.25) is 0 Å². The minimum absolute atomic E-state index is 0.124. The quantitative estimate of drug-likeness (QED) is 0.648. The smallest absolute Gasteiger partial charge is 0.270 e. The normalized spacial score (nSPS) is 12.1. The minimum atomic E-state index is -0.364. The van der Waals surface area contributed by atoms with E-state index in [1.165, 1.54) is 11.6 Å². The van der Waals surface area contributed by atoms with Crippen LogP contribution in [0.1, 0.15) is 18.9 Å². The molecular weight excluding hydrogens is 264 g/mol. The van der Waals surface area contributed by atoms with E-state index in [1.54, 1.807) is 12.1 Å². The summed E-state index contributed by atoms with van der Waals surface area (Å²) in [6, 6.07) is 15.5. The van der Waals surface area contributed by atoms with Gasteiger partial charge in [-0.15, -0.1) is 0 Å². The third-order valence-electron chi connectivity index (χ3n) is 3.70. The molecule has 0 radical (unpaired) electrons. The fraction of sp³-hybridized carbons (Fsp3) is 0.294. The van der Waals surface area contributed by atoms with Crippen LogP contribution in [-0.2, 0) is 6.42 Å². The van der Waals surface area contributed by atoms with Gasteiger partial charge in [0, 0.05) is 18.2 Å². The van der Waals surface area contributed by atoms with E-state index in [2.05, 4.69) is 24.4 Å². The Morgan fingerprint density at radius 2 is 1.86 bits per heavy atom. The zero-order valence-electron chi connectivity index (χ0n) is 12.4. The first kappa shape index (κ1) is 15.2. The molecule has 0 aliphatic heterocycles. The number of benzene rings is 2. The van der Waals surface area contributed by atoms with Gasteiger partial charge in [0.15, 0.2) is 0 Å². The third kappa shape index (κ3) is 4.13. The molecule has 110 valence electrons. The van der Waals surface area contributed by atoms with Crippen molar-refractivity contribution in [3.05, 3.63) is 64.2 Å². The summed E-state index contributed by atoms with van der Waals surface area (Å²) in [6.07, 6.45) is 2.11. The summed E-state index contributed by atoms with van der Waals surface area (Å²) in [6.45, 7) is 2.16. The van der Waals surface area contributed by atoms with Crippen LogP contribution in [0.3, 0.4) is 0 Å². The summed E-state index contributed by atoms with van der Waals surface area (Å²) >= 11 is 0. The van der Waals surface area contributed by atoms with Gasteiger partial charge in [0.05, 0.1) is 4.92 Å². The third-order valence-corrected chi connectivity index (χ3v) is 3.70. The number of nitrogens with zero attached hydrogens (tertiary/aromatic N) is 1. The van der Waals surface area contributed by atoms with Crippen molar-refractivity contribution in [1.82, 2.24) is 5.32 Å². The van der Waals surface area contributed by atoms with Crippen molar-refractivity contribution in [1.29, 1.82) is 0 Å². The second-order valence-electron chi connectivity index (χ2n) is 5.23. The highest BCUT2D eigenvalue weighted by Gasteiger charge is 2.07. The molecule has 2 aromatic carbocycles. The van der Waals surface area contributed by atoms with E-state index in [4.69, 9.17) is 0 Å². The Kier molecular flexibility index (Phi) is 5.06. The number of rotatable bonds is 6. The van der Waals surface area contributed by atoms with Crippen LogP contribution in [0.2, 0.25) is 0 Å². The Hall–Kier alpha value is -2.20. The topological polar surface area (TPSA) is 55.2 Å².